The fourth-order valence-electron chi connectivity index (χ4n) is 2.24. The number of ether oxygens (including phenoxy) is 2. The van der Waals surface area contributed by atoms with E-state index in [2.05, 4.69) is 15.8 Å². The van der Waals surface area contributed by atoms with Gasteiger partial charge in [-0.25, -0.2) is 10.2 Å². The fourth-order valence-corrected chi connectivity index (χ4v) is 2.24. The van der Waals surface area contributed by atoms with Crippen molar-refractivity contribution >= 4 is 29.3 Å². The van der Waals surface area contributed by atoms with Gasteiger partial charge in [0, 0.05) is 17.0 Å². The Morgan fingerprint density at radius 3 is 2.28 bits per heavy atom. The van der Waals surface area contributed by atoms with E-state index in [-0.39, 0.29) is 18.9 Å². The number of benzene rings is 2. The van der Waals surface area contributed by atoms with Crippen LogP contribution in [-0.2, 0) is 16.1 Å². The van der Waals surface area contributed by atoms with Crippen molar-refractivity contribution in [1.29, 1.82) is 0 Å². The van der Waals surface area contributed by atoms with Gasteiger partial charge in [-0.2, -0.15) is 5.10 Å². The highest BCUT2D eigenvalue weighted by Gasteiger charge is 2.07. The van der Waals surface area contributed by atoms with Gasteiger partial charge in [-0.3, -0.25) is 9.59 Å². The number of amides is 3. The Bertz CT molecular complexity index is 892. The first-order chi connectivity index (χ1) is 13.9. The molecule has 0 atom stereocenters. The third-order valence-corrected chi connectivity index (χ3v) is 3.74. The molecule has 152 valence electrons. The number of carbonyl (C=O) groups is 3. The molecule has 29 heavy (non-hydrogen) atoms. The molecule has 0 radical (unpaired) electrons. The summed E-state index contributed by atoms with van der Waals surface area (Å²) in [4.78, 5) is 34.7. The Kier molecular flexibility index (Phi) is 7.72. The van der Waals surface area contributed by atoms with Gasteiger partial charge in [0.25, 0.3) is 0 Å². The van der Waals surface area contributed by atoms with Crippen molar-refractivity contribution in [2.45, 2.75) is 20.0 Å². The second-order valence-electron chi connectivity index (χ2n) is 6.05. The molecule has 0 aliphatic carbocycles. The van der Waals surface area contributed by atoms with E-state index in [4.69, 9.17) is 15.2 Å². The Labute approximate surface area is 167 Å². The Morgan fingerprint density at radius 2 is 1.69 bits per heavy atom. The SMILES string of the molecule is COc1ccc(COC(=O)N/N=C(\C)CC(=O)Nc2ccc(C(N)=O)cc2)cc1. The number of hydrogen-bond donors (Lipinski definition) is 3. The normalized spacial score (nSPS) is 10.8. The van der Waals surface area contributed by atoms with E-state index in [1.54, 1.807) is 50.4 Å². The Balaban J connectivity index is 1.75. The van der Waals surface area contributed by atoms with E-state index in [1.165, 1.54) is 12.1 Å². The first-order valence-electron chi connectivity index (χ1n) is 8.66. The average molecular weight is 398 g/mol. The highest BCUT2D eigenvalue weighted by atomic mass is 16.6. The number of anilines is 1. The molecule has 0 spiro atoms. The van der Waals surface area contributed by atoms with Crippen molar-refractivity contribution < 1.29 is 23.9 Å². The molecule has 4 N–H and O–H groups in total. The van der Waals surface area contributed by atoms with Crippen LogP contribution in [0.4, 0.5) is 10.5 Å². The van der Waals surface area contributed by atoms with Crippen LogP contribution in [-0.4, -0.2) is 30.7 Å². The summed E-state index contributed by atoms with van der Waals surface area (Å²) in [5.74, 6) is -0.164. The lowest BCUT2D eigenvalue weighted by Gasteiger charge is -2.07. The lowest BCUT2D eigenvalue weighted by atomic mass is 10.2. The highest BCUT2D eigenvalue weighted by Crippen LogP contribution is 2.12. The van der Waals surface area contributed by atoms with E-state index in [9.17, 15) is 14.4 Å². The Hall–Kier alpha value is -3.88. The molecule has 9 nitrogen and oxygen atoms in total. The number of hydrazone groups is 1. The summed E-state index contributed by atoms with van der Waals surface area (Å²) in [5, 5.41) is 6.49. The summed E-state index contributed by atoms with van der Waals surface area (Å²) < 4.78 is 10.1. The molecule has 0 fully saturated rings. The van der Waals surface area contributed by atoms with Crippen LogP contribution in [0.25, 0.3) is 0 Å². The molecule has 0 unspecified atom stereocenters. The van der Waals surface area contributed by atoms with Crippen LogP contribution in [0, 0.1) is 0 Å². The zero-order chi connectivity index (χ0) is 21.2. The van der Waals surface area contributed by atoms with E-state index < -0.39 is 12.0 Å². The van der Waals surface area contributed by atoms with Crippen molar-refractivity contribution in [1.82, 2.24) is 5.43 Å². The number of methoxy groups -OCH3 is 1. The maximum atomic E-state index is 12.0. The first kappa shape index (κ1) is 21.4. The quantitative estimate of drug-likeness (QED) is 0.464. The van der Waals surface area contributed by atoms with Gasteiger partial charge in [0.15, 0.2) is 0 Å². The van der Waals surface area contributed by atoms with Gasteiger partial charge in [0.05, 0.1) is 13.5 Å². The number of nitrogens with one attached hydrogen (secondary N) is 2. The minimum Gasteiger partial charge on any atom is -0.497 e. The van der Waals surface area contributed by atoms with Gasteiger partial charge in [-0.1, -0.05) is 12.1 Å². The van der Waals surface area contributed by atoms with Crippen LogP contribution in [0.5, 0.6) is 5.75 Å². The van der Waals surface area contributed by atoms with Gasteiger partial charge in [0.2, 0.25) is 11.8 Å². The van der Waals surface area contributed by atoms with Crippen molar-refractivity contribution in [3.05, 3.63) is 59.7 Å². The molecular weight excluding hydrogens is 376 g/mol. The molecule has 2 aromatic rings. The molecule has 2 rings (SSSR count). The third kappa shape index (κ3) is 7.33. The van der Waals surface area contributed by atoms with Crippen molar-refractivity contribution in [2.24, 2.45) is 10.8 Å². The topological polar surface area (TPSA) is 132 Å². The van der Waals surface area contributed by atoms with Gasteiger partial charge in [0.1, 0.15) is 12.4 Å². The van der Waals surface area contributed by atoms with Gasteiger partial charge >= 0.3 is 6.09 Å². The predicted molar refractivity (Wildman–Crippen MR) is 108 cm³/mol. The van der Waals surface area contributed by atoms with Gasteiger partial charge in [-0.05, 0) is 48.9 Å². The van der Waals surface area contributed by atoms with Crippen molar-refractivity contribution in [2.75, 3.05) is 12.4 Å². The summed E-state index contributed by atoms with van der Waals surface area (Å²) >= 11 is 0. The molecule has 0 aliphatic heterocycles. The second-order valence-corrected chi connectivity index (χ2v) is 6.05. The number of carbonyl (C=O) groups excluding carboxylic acids is 3. The van der Waals surface area contributed by atoms with Crippen LogP contribution in [0.2, 0.25) is 0 Å². The molecule has 0 aromatic heterocycles. The molecule has 2 aromatic carbocycles. The summed E-state index contributed by atoms with van der Waals surface area (Å²) in [6, 6.07) is 13.2. The largest absolute Gasteiger partial charge is 0.497 e. The fraction of sp³-hybridized carbons (Fsp3) is 0.200. The Morgan fingerprint density at radius 1 is 1.03 bits per heavy atom. The highest BCUT2D eigenvalue weighted by molar-refractivity contribution is 6.05. The number of rotatable bonds is 8. The summed E-state index contributed by atoms with van der Waals surface area (Å²) in [7, 11) is 1.57. The lowest BCUT2D eigenvalue weighted by Crippen LogP contribution is -2.22. The summed E-state index contributed by atoms with van der Waals surface area (Å²) in [6.45, 7) is 1.67. The summed E-state index contributed by atoms with van der Waals surface area (Å²) in [5.41, 5.74) is 9.44. The maximum Gasteiger partial charge on any atom is 0.428 e. The zero-order valence-electron chi connectivity index (χ0n) is 16.1. The third-order valence-electron chi connectivity index (χ3n) is 3.74. The molecule has 0 saturated heterocycles. The molecule has 0 bridgehead atoms. The maximum absolute atomic E-state index is 12.0. The zero-order valence-corrected chi connectivity index (χ0v) is 16.1. The molecule has 3 amide bonds. The molecular formula is C20H22N4O5. The predicted octanol–water partition coefficient (Wildman–Crippen LogP) is 2.43. The van der Waals surface area contributed by atoms with Crippen LogP contribution >= 0.6 is 0 Å². The number of primary amides is 1. The lowest BCUT2D eigenvalue weighted by molar-refractivity contribution is -0.115. The number of nitrogens with zero attached hydrogens (tertiary/aromatic N) is 1. The van der Waals surface area contributed by atoms with Crippen molar-refractivity contribution in [3.63, 3.8) is 0 Å². The minimum atomic E-state index is -0.734. The average Bonchev–Trinajstić information content (AvgIpc) is 2.71. The van der Waals surface area contributed by atoms with Crippen LogP contribution in [0.3, 0.4) is 0 Å². The molecule has 0 aliphatic rings. The standard InChI is InChI=1S/C20H22N4O5/c1-13(11-18(25)22-16-7-5-15(6-8-16)19(21)26)23-24-20(27)29-12-14-3-9-17(28-2)10-4-14/h3-10H,11-12H2,1-2H3,(H2,21,26)(H,22,25)(H,24,27)/b23-13+. The van der Waals surface area contributed by atoms with Gasteiger partial charge < -0.3 is 20.5 Å². The smallest absolute Gasteiger partial charge is 0.428 e. The van der Waals surface area contributed by atoms with Crippen LogP contribution in [0.15, 0.2) is 53.6 Å². The van der Waals surface area contributed by atoms with E-state index in [1.807, 2.05) is 0 Å². The number of nitrogens with two attached hydrogens (primary N) is 1. The molecule has 9 heteroatoms. The second kappa shape index (κ2) is 10.5. The van der Waals surface area contributed by atoms with E-state index >= 15 is 0 Å². The van der Waals surface area contributed by atoms with E-state index in [0.717, 1.165) is 5.56 Å². The van der Waals surface area contributed by atoms with Crippen molar-refractivity contribution in [3.8, 4) is 5.75 Å². The molecule has 0 saturated carbocycles. The monoisotopic (exact) mass is 398 g/mol. The van der Waals surface area contributed by atoms with Crippen LogP contribution in [0.1, 0.15) is 29.3 Å². The summed E-state index contributed by atoms with van der Waals surface area (Å²) in [6.07, 6.45) is -0.765. The minimum absolute atomic E-state index is 0.0314. The number of hydrogen-bond acceptors (Lipinski definition) is 6. The van der Waals surface area contributed by atoms with E-state index in [0.29, 0.717) is 22.7 Å². The molecule has 0 heterocycles. The van der Waals surface area contributed by atoms with Crippen LogP contribution < -0.4 is 21.2 Å². The van der Waals surface area contributed by atoms with Gasteiger partial charge in [-0.15, -0.1) is 0 Å². The first-order valence-corrected chi connectivity index (χ1v) is 8.66.